The number of benzene rings is 2. The van der Waals surface area contributed by atoms with E-state index in [4.69, 9.17) is 11.6 Å². The lowest BCUT2D eigenvalue weighted by Gasteiger charge is -2.11. The van der Waals surface area contributed by atoms with Crippen LogP contribution >= 0.6 is 34.7 Å². The van der Waals surface area contributed by atoms with Gasteiger partial charge in [0.2, 0.25) is 11.0 Å². The minimum Gasteiger partial charge on any atom is -0.330 e. The second-order valence-electron chi connectivity index (χ2n) is 6.95. The Kier molecular flexibility index (Phi) is 7.47. The number of halogens is 1. The second-order valence-corrected chi connectivity index (χ2v) is 9.92. The van der Waals surface area contributed by atoms with E-state index in [-0.39, 0.29) is 16.6 Å². The van der Waals surface area contributed by atoms with Crippen molar-refractivity contribution in [3.05, 3.63) is 63.2 Å². The number of anilines is 3. The number of hydrogen-bond acceptors (Lipinski definition) is 8. The summed E-state index contributed by atoms with van der Waals surface area (Å²) in [6.07, 6.45) is 0. The van der Waals surface area contributed by atoms with Crippen LogP contribution in [0.5, 0.6) is 0 Å². The molecule has 11 heteroatoms. The average Bonchev–Trinajstić information content (AvgIpc) is 3.16. The van der Waals surface area contributed by atoms with Crippen molar-refractivity contribution >= 4 is 62.8 Å². The van der Waals surface area contributed by atoms with Gasteiger partial charge in [-0.25, -0.2) is 0 Å². The zero-order chi connectivity index (χ0) is 22.5. The molecule has 1 unspecified atom stereocenters. The number of carbonyl (C=O) groups excluding carboxylic acids is 1. The van der Waals surface area contributed by atoms with Crippen LogP contribution in [0.4, 0.5) is 22.2 Å². The molecule has 0 aliphatic heterocycles. The third kappa shape index (κ3) is 6.16. The molecule has 0 aliphatic rings. The van der Waals surface area contributed by atoms with Gasteiger partial charge in [0, 0.05) is 17.8 Å². The first kappa shape index (κ1) is 23.0. The molecule has 3 aromatic rings. The van der Waals surface area contributed by atoms with Crippen LogP contribution < -0.4 is 10.6 Å². The minimum absolute atomic E-state index is 0.102. The highest BCUT2D eigenvalue weighted by Crippen LogP contribution is 2.32. The van der Waals surface area contributed by atoms with Crippen molar-refractivity contribution in [2.45, 2.75) is 36.3 Å². The number of amides is 1. The van der Waals surface area contributed by atoms with E-state index in [2.05, 4.69) is 46.8 Å². The standard InChI is InChI=1S/C20H20ClN5O3S2/c1-11(2)13-4-6-14(7-5-13)22-19-24-25-20(31-19)30-12(3)18(27)23-17-9-8-15(26(28)29)10-16(17)21/h4-12H,1-3H3,(H,22,24)(H,23,27). The molecule has 31 heavy (non-hydrogen) atoms. The van der Waals surface area contributed by atoms with Gasteiger partial charge in [-0.1, -0.05) is 60.7 Å². The van der Waals surface area contributed by atoms with Crippen LogP contribution in [0.2, 0.25) is 5.02 Å². The minimum atomic E-state index is -0.546. The highest BCUT2D eigenvalue weighted by atomic mass is 35.5. The van der Waals surface area contributed by atoms with Gasteiger partial charge in [-0.2, -0.15) is 0 Å². The van der Waals surface area contributed by atoms with Gasteiger partial charge in [-0.15, -0.1) is 10.2 Å². The first-order valence-electron chi connectivity index (χ1n) is 9.35. The highest BCUT2D eigenvalue weighted by molar-refractivity contribution is 8.02. The van der Waals surface area contributed by atoms with Crippen LogP contribution in [0, 0.1) is 10.1 Å². The predicted molar refractivity (Wildman–Crippen MR) is 126 cm³/mol. The number of aromatic nitrogens is 2. The third-order valence-electron chi connectivity index (χ3n) is 4.30. The smallest absolute Gasteiger partial charge is 0.271 e. The van der Waals surface area contributed by atoms with Gasteiger partial charge in [-0.3, -0.25) is 14.9 Å². The summed E-state index contributed by atoms with van der Waals surface area (Å²) in [5, 5.41) is 25.2. The van der Waals surface area contributed by atoms with E-state index < -0.39 is 10.2 Å². The number of hydrogen-bond donors (Lipinski definition) is 2. The van der Waals surface area contributed by atoms with Crippen LogP contribution in [-0.4, -0.2) is 26.3 Å². The molecule has 0 spiro atoms. The molecule has 0 radical (unpaired) electrons. The number of thioether (sulfide) groups is 1. The maximum atomic E-state index is 12.5. The van der Waals surface area contributed by atoms with Gasteiger partial charge in [-0.05, 0) is 36.6 Å². The highest BCUT2D eigenvalue weighted by Gasteiger charge is 2.19. The Labute approximate surface area is 192 Å². The molecule has 0 bridgehead atoms. The number of nitrogens with one attached hydrogen (secondary N) is 2. The number of non-ortho nitro benzene ring substituents is 1. The summed E-state index contributed by atoms with van der Waals surface area (Å²) in [7, 11) is 0. The van der Waals surface area contributed by atoms with Crippen molar-refractivity contribution < 1.29 is 9.72 Å². The van der Waals surface area contributed by atoms with Gasteiger partial charge in [0.1, 0.15) is 0 Å². The maximum Gasteiger partial charge on any atom is 0.271 e. The molecule has 1 amide bonds. The first-order chi connectivity index (χ1) is 14.7. The zero-order valence-electron chi connectivity index (χ0n) is 17.0. The third-order valence-corrected chi connectivity index (χ3v) is 6.64. The van der Waals surface area contributed by atoms with E-state index in [1.807, 2.05) is 12.1 Å². The van der Waals surface area contributed by atoms with Crippen LogP contribution in [0.25, 0.3) is 0 Å². The number of nitro benzene ring substituents is 1. The van der Waals surface area contributed by atoms with Crippen molar-refractivity contribution in [2.75, 3.05) is 10.6 Å². The lowest BCUT2D eigenvalue weighted by atomic mass is 10.0. The summed E-state index contributed by atoms with van der Waals surface area (Å²) in [5.41, 5.74) is 2.34. The zero-order valence-corrected chi connectivity index (χ0v) is 19.3. The van der Waals surface area contributed by atoms with E-state index in [1.165, 1.54) is 46.9 Å². The molecular formula is C20H20ClN5O3S2. The lowest BCUT2D eigenvalue weighted by Crippen LogP contribution is -2.22. The van der Waals surface area contributed by atoms with Gasteiger partial charge >= 0.3 is 0 Å². The molecule has 2 aromatic carbocycles. The van der Waals surface area contributed by atoms with Crippen molar-refractivity contribution in [3.63, 3.8) is 0 Å². The van der Waals surface area contributed by atoms with Gasteiger partial charge in [0.05, 0.1) is 20.9 Å². The van der Waals surface area contributed by atoms with Crippen LogP contribution in [0.3, 0.4) is 0 Å². The van der Waals surface area contributed by atoms with Crippen molar-refractivity contribution in [1.29, 1.82) is 0 Å². The fraction of sp³-hybridized carbons (Fsp3) is 0.250. The maximum absolute atomic E-state index is 12.5. The molecule has 162 valence electrons. The molecule has 0 saturated heterocycles. The quantitative estimate of drug-likeness (QED) is 0.229. The molecule has 2 N–H and O–H groups in total. The second kappa shape index (κ2) is 10.1. The normalized spacial score (nSPS) is 11.9. The van der Waals surface area contributed by atoms with Gasteiger partial charge in [0.15, 0.2) is 4.34 Å². The molecule has 1 aromatic heterocycles. The number of carbonyl (C=O) groups is 1. The average molecular weight is 478 g/mol. The van der Waals surface area contributed by atoms with Crippen molar-refractivity contribution in [2.24, 2.45) is 0 Å². The van der Waals surface area contributed by atoms with E-state index in [0.29, 0.717) is 21.1 Å². The summed E-state index contributed by atoms with van der Waals surface area (Å²) < 4.78 is 0.638. The van der Waals surface area contributed by atoms with Gasteiger partial charge < -0.3 is 10.6 Å². The summed E-state index contributed by atoms with van der Waals surface area (Å²) in [4.78, 5) is 22.7. The molecule has 1 heterocycles. The molecule has 0 fully saturated rings. The Hall–Kier alpha value is -2.69. The largest absolute Gasteiger partial charge is 0.330 e. The molecular weight excluding hydrogens is 458 g/mol. The van der Waals surface area contributed by atoms with Gasteiger partial charge in [0.25, 0.3) is 5.69 Å². The fourth-order valence-electron chi connectivity index (χ4n) is 2.54. The SMILES string of the molecule is CC(Sc1nnc(Nc2ccc(C(C)C)cc2)s1)C(=O)Nc1ccc([N+](=O)[O-])cc1Cl. The number of nitro groups is 1. The van der Waals surface area contributed by atoms with Crippen LogP contribution in [0.15, 0.2) is 46.8 Å². The Balaban J connectivity index is 1.58. The molecule has 8 nitrogen and oxygen atoms in total. The molecule has 0 saturated carbocycles. The molecule has 0 aliphatic carbocycles. The summed E-state index contributed by atoms with van der Waals surface area (Å²) in [6.45, 7) is 6.02. The Morgan fingerprint density at radius 1 is 1.16 bits per heavy atom. The Morgan fingerprint density at radius 2 is 1.87 bits per heavy atom. The topological polar surface area (TPSA) is 110 Å². The lowest BCUT2D eigenvalue weighted by molar-refractivity contribution is -0.384. The van der Waals surface area contributed by atoms with Crippen LogP contribution in [-0.2, 0) is 4.79 Å². The van der Waals surface area contributed by atoms with Crippen molar-refractivity contribution in [1.82, 2.24) is 10.2 Å². The van der Waals surface area contributed by atoms with E-state index >= 15 is 0 Å². The Morgan fingerprint density at radius 3 is 2.48 bits per heavy atom. The Bertz CT molecular complexity index is 1090. The predicted octanol–water partition coefficient (Wildman–Crippen LogP) is 6.09. The molecule has 3 rings (SSSR count). The molecule has 1 atom stereocenters. The number of rotatable bonds is 8. The van der Waals surface area contributed by atoms with E-state index in [1.54, 1.807) is 6.92 Å². The van der Waals surface area contributed by atoms with Crippen LogP contribution in [0.1, 0.15) is 32.3 Å². The fourth-order valence-corrected chi connectivity index (χ4v) is 4.68. The monoisotopic (exact) mass is 477 g/mol. The van der Waals surface area contributed by atoms with Crippen molar-refractivity contribution in [3.8, 4) is 0 Å². The summed E-state index contributed by atoms with van der Waals surface area (Å²) in [6, 6.07) is 12.0. The summed E-state index contributed by atoms with van der Waals surface area (Å²) >= 11 is 8.65. The summed E-state index contributed by atoms with van der Waals surface area (Å²) in [5.74, 6) is 0.168. The van der Waals surface area contributed by atoms with E-state index in [9.17, 15) is 14.9 Å². The first-order valence-corrected chi connectivity index (χ1v) is 11.4. The number of nitrogens with zero attached hydrogens (tertiary/aromatic N) is 3. The van der Waals surface area contributed by atoms with E-state index in [0.717, 1.165) is 5.69 Å².